The fraction of sp³-hybridized carbons (Fsp3) is 0.100. The first kappa shape index (κ1) is 18.4. The van der Waals surface area contributed by atoms with Crippen LogP contribution in [0.3, 0.4) is 0 Å². The molecular weight excluding hydrogens is 376 g/mol. The summed E-state index contributed by atoms with van der Waals surface area (Å²) in [6.07, 6.45) is 0.251. The average molecular weight is 390 g/mol. The summed E-state index contributed by atoms with van der Waals surface area (Å²) in [4.78, 5) is 16.8. The maximum absolute atomic E-state index is 13.0. The van der Waals surface area contributed by atoms with Gasteiger partial charge in [0.05, 0.1) is 12.6 Å². The van der Waals surface area contributed by atoms with Crippen molar-refractivity contribution in [3.05, 3.63) is 94.0 Å². The zero-order valence-electron chi connectivity index (χ0n) is 13.5. The molecule has 0 saturated carbocycles. The zero-order valence-corrected chi connectivity index (χ0v) is 15.0. The van der Waals surface area contributed by atoms with Crippen LogP contribution in [0.25, 0.3) is 0 Å². The number of rotatable bonds is 6. The van der Waals surface area contributed by atoms with Gasteiger partial charge < -0.3 is 4.74 Å². The van der Waals surface area contributed by atoms with Crippen molar-refractivity contribution < 1.29 is 13.9 Å². The predicted molar refractivity (Wildman–Crippen MR) is 99.2 cm³/mol. The number of halogens is 3. The van der Waals surface area contributed by atoms with Gasteiger partial charge in [-0.1, -0.05) is 35.3 Å². The van der Waals surface area contributed by atoms with Crippen molar-refractivity contribution in [1.29, 1.82) is 0 Å². The smallest absolute Gasteiger partial charge is 0.183 e. The third-order valence-electron chi connectivity index (χ3n) is 3.68. The molecule has 0 aliphatic carbocycles. The fourth-order valence-electron chi connectivity index (χ4n) is 2.39. The van der Waals surface area contributed by atoms with Crippen LogP contribution in [0.15, 0.2) is 66.9 Å². The number of benzene rings is 2. The van der Waals surface area contributed by atoms with Crippen LogP contribution in [0.4, 0.5) is 4.39 Å². The van der Waals surface area contributed by atoms with Gasteiger partial charge in [0.15, 0.2) is 11.9 Å². The van der Waals surface area contributed by atoms with E-state index in [1.807, 2.05) is 0 Å². The van der Waals surface area contributed by atoms with Gasteiger partial charge >= 0.3 is 0 Å². The molecular formula is C20H14Cl2FNO2. The molecule has 0 bridgehead atoms. The van der Waals surface area contributed by atoms with Gasteiger partial charge in [0.1, 0.15) is 11.6 Å². The number of ketones is 1. The molecule has 3 aromatic rings. The van der Waals surface area contributed by atoms with Crippen molar-refractivity contribution in [1.82, 2.24) is 4.98 Å². The number of Topliss-reactive ketones (excluding diaryl/α,β-unsaturated/α-hetero) is 1. The third kappa shape index (κ3) is 4.81. The van der Waals surface area contributed by atoms with Crippen LogP contribution in [0, 0.1) is 5.82 Å². The zero-order chi connectivity index (χ0) is 18.5. The number of ether oxygens (including phenoxy) is 1. The van der Waals surface area contributed by atoms with Gasteiger partial charge in [-0.25, -0.2) is 4.39 Å². The standard InChI is InChI=1S/C20H14Cl2FNO2/c21-14-3-1-13(2-4-14)20(26-18-9-5-15(22)6-10-18)19(25)11-17-8-7-16(23)12-24-17/h1-10,12,20H,11H2. The quantitative estimate of drug-likeness (QED) is 0.561. The van der Waals surface area contributed by atoms with E-state index in [9.17, 15) is 9.18 Å². The third-order valence-corrected chi connectivity index (χ3v) is 4.18. The second-order valence-corrected chi connectivity index (χ2v) is 6.49. The van der Waals surface area contributed by atoms with E-state index in [-0.39, 0.29) is 12.2 Å². The van der Waals surface area contributed by atoms with Crippen LogP contribution in [0.1, 0.15) is 17.4 Å². The van der Waals surface area contributed by atoms with Gasteiger partial charge in [0, 0.05) is 15.7 Å². The summed E-state index contributed by atoms with van der Waals surface area (Å²) in [5.74, 6) is -0.149. The van der Waals surface area contributed by atoms with Crippen LogP contribution >= 0.6 is 23.2 Å². The molecule has 1 unspecified atom stereocenters. The van der Waals surface area contributed by atoms with Crippen molar-refractivity contribution in [2.75, 3.05) is 0 Å². The van der Waals surface area contributed by atoms with Crippen LogP contribution in [-0.2, 0) is 11.2 Å². The molecule has 0 N–H and O–H groups in total. The minimum atomic E-state index is -0.847. The highest BCUT2D eigenvalue weighted by molar-refractivity contribution is 6.30. The number of carbonyl (C=O) groups is 1. The summed E-state index contributed by atoms with van der Waals surface area (Å²) in [5, 5.41) is 1.13. The van der Waals surface area contributed by atoms with E-state index in [0.29, 0.717) is 27.1 Å². The van der Waals surface area contributed by atoms with E-state index in [1.165, 1.54) is 12.1 Å². The Bertz CT molecular complexity index is 881. The van der Waals surface area contributed by atoms with E-state index in [2.05, 4.69) is 4.98 Å². The molecule has 0 radical (unpaired) electrons. The van der Waals surface area contributed by atoms with Crippen molar-refractivity contribution in [3.63, 3.8) is 0 Å². The summed E-state index contributed by atoms with van der Waals surface area (Å²) in [7, 11) is 0. The average Bonchev–Trinajstić information content (AvgIpc) is 2.64. The highest BCUT2D eigenvalue weighted by Crippen LogP contribution is 2.26. The number of nitrogens with zero attached hydrogens (tertiary/aromatic N) is 1. The lowest BCUT2D eigenvalue weighted by molar-refractivity contribution is -0.125. The number of pyridine rings is 1. The minimum absolute atomic E-state index is 0.0150. The monoisotopic (exact) mass is 389 g/mol. The van der Waals surface area contributed by atoms with E-state index in [4.69, 9.17) is 27.9 Å². The van der Waals surface area contributed by atoms with Gasteiger partial charge in [-0.2, -0.15) is 0 Å². The second kappa shape index (κ2) is 8.30. The van der Waals surface area contributed by atoms with Gasteiger partial charge in [-0.15, -0.1) is 0 Å². The largest absolute Gasteiger partial charge is 0.478 e. The van der Waals surface area contributed by atoms with E-state index in [0.717, 1.165) is 6.20 Å². The van der Waals surface area contributed by atoms with Gasteiger partial charge in [0.2, 0.25) is 0 Å². The second-order valence-electron chi connectivity index (χ2n) is 5.61. The van der Waals surface area contributed by atoms with E-state index >= 15 is 0 Å². The molecule has 2 aromatic carbocycles. The number of hydrogen-bond acceptors (Lipinski definition) is 3. The molecule has 1 aromatic heterocycles. The maximum Gasteiger partial charge on any atom is 0.183 e. The lowest BCUT2D eigenvalue weighted by atomic mass is 10.0. The topological polar surface area (TPSA) is 39.2 Å². The SMILES string of the molecule is O=C(Cc1ccc(F)cn1)C(Oc1ccc(Cl)cc1)c1ccc(Cl)cc1. The van der Waals surface area contributed by atoms with Crippen molar-refractivity contribution in [2.45, 2.75) is 12.5 Å². The van der Waals surface area contributed by atoms with Crippen LogP contribution < -0.4 is 4.74 Å². The number of hydrogen-bond donors (Lipinski definition) is 0. The molecule has 0 aliphatic rings. The summed E-state index contributed by atoms with van der Waals surface area (Å²) in [6, 6.07) is 16.4. The molecule has 0 aliphatic heterocycles. The Morgan fingerprint density at radius 3 is 2.15 bits per heavy atom. The lowest BCUT2D eigenvalue weighted by Crippen LogP contribution is -2.21. The Balaban J connectivity index is 1.85. The first-order valence-electron chi connectivity index (χ1n) is 7.82. The van der Waals surface area contributed by atoms with Crippen molar-refractivity contribution in [2.24, 2.45) is 0 Å². The molecule has 1 heterocycles. The van der Waals surface area contributed by atoms with Gasteiger partial charge in [0.25, 0.3) is 0 Å². The predicted octanol–water partition coefficient (Wildman–Crippen LogP) is 5.46. The molecule has 1 atom stereocenters. The molecule has 26 heavy (non-hydrogen) atoms. The normalized spacial score (nSPS) is 11.8. The Labute approximate surface area is 160 Å². The maximum atomic E-state index is 13.0. The molecule has 0 fully saturated rings. The Morgan fingerprint density at radius 1 is 0.962 bits per heavy atom. The van der Waals surface area contributed by atoms with Crippen LogP contribution in [0.5, 0.6) is 5.75 Å². The lowest BCUT2D eigenvalue weighted by Gasteiger charge is -2.19. The first-order valence-corrected chi connectivity index (χ1v) is 8.58. The molecule has 0 spiro atoms. The number of carbonyl (C=O) groups excluding carboxylic acids is 1. The summed E-state index contributed by atoms with van der Waals surface area (Å²) in [6.45, 7) is 0. The Hall–Kier alpha value is -2.43. The van der Waals surface area contributed by atoms with E-state index < -0.39 is 11.9 Å². The van der Waals surface area contributed by atoms with Crippen molar-refractivity contribution >= 4 is 29.0 Å². The highest BCUT2D eigenvalue weighted by atomic mass is 35.5. The molecule has 0 saturated heterocycles. The number of aromatic nitrogens is 1. The summed E-state index contributed by atoms with van der Waals surface area (Å²) >= 11 is 11.8. The molecule has 132 valence electrons. The summed E-state index contributed by atoms with van der Waals surface area (Å²) in [5.41, 5.74) is 1.13. The first-order chi connectivity index (χ1) is 12.5. The molecule has 0 amide bonds. The Morgan fingerprint density at radius 2 is 1.58 bits per heavy atom. The molecule has 3 rings (SSSR count). The van der Waals surface area contributed by atoms with Crippen LogP contribution in [0.2, 0.25) is 10.0 Å². The molecule has 6 heteroatoms. The van der Waals surface area contributed by atoms with Crippen LogP contribution in [-0.4, -0.2) is 10.8 Å². The van der Waals surface area contributed by atoms with E-state index in [1.54, 1.807) is 48.5 Å². The van der Waals surface area contributed by atoms with Gasteiger partial charge in [-0.05, 0) is 54.1 Å². The Kier molecular flexibility index (Phi) is 5.86. The van der Waals surface area contributed by atoms with Crippen molar-refractivity contribution in [3.8, 4) is 5.75 Å². The highest BCUT2D eigenvalue weighted by Gasteiger charge is 2.23. The molecule has 3 nitrogen and oxygen atoms in total. The fourth-order valence-corrected chi connectivity index (χ4v) is 2.64. The summed E-state index contributed by atoms with van der Waals surface area (Å²) < 4.78 is 18.9. The minimum Gasteiger partial charge on any atom is -0.478 e. The van der Waals surface area contributed by atoms with Gasteiger partial charge in [-0.3, -0.25) is 9.78 Å².